The van der Waals surface area contributed by atoms with Gasteiger partial charge in [-0.25, -0.2) is 0 Å². The van der Waals surface area contributed by atoms with Crippen molar-refractivity contribution >= 4 is 35.1 Å². The number of amides is 2. The summed E-state index contributed by atoms with van der Waals surface area (Å²) in [5, 5.41) is 10.1. The van der Waals surface area contributed by atoms with Gasteiger partial charge >= 0.3 is 0 Å². The minimum Gasteiger partial charge on any atom is -0.357 e. The SMILES string of the molecule is CCNC(=NCCCC(=O)Nc1ccc(Cl)cc1)NC1CCN(C(=O)C(C)C)C1. The molecule has 1 fully saturated rings. The fourth-order valence-corrected chi connectivity index (χ4v) is 3.27. The van der Waals surface area contributed by atoms with Crippen LogP contribution in [-0.2, 0) is 9.59 Å². The molecule has 1 saturated heterocycles. The number of guanidine groups is 1. The van der Waals surface area contributed by atoms with Crippen LogP contribution in [0.4, 0.5) is 5.69 Å². The first-order valence-corrected chi connectivity index (χ1v) is 10.7. The average molecular weight is 422 g/mol. The molecule has 160 valence electrons. The Hall–Kier alpha value is -2.28. The number of hydrogen-bond acceptors (Lipinski definition) is 3. The lowest BCUT2D eigenvalue weighted by Crippen LogP contribution is -2.45. The molecule has 7 nitrogen and oxygen atoms in total. The summed E-state index contributed by atoms with van der Waals surface area (Å²) >= 11 is 5.85. The summed E-state index contributed by atoms with van der Waals surface area (Å²) < 4.78 is 0. The van der Waals surface area contributed by atoms with Crippen molar-refractivity contribution in [3.05, 3.63) is 29.3 Å². The molecule has 2 rings (SSSR count). The molecule has 1 aromatic carbocycles. The molecule has 29 heavy (non-hydrogen) atoms. The molecule has 0 radical (unpaired) electrons. The number of rotatable bonds is 8. The van der Waals surface area contributed by atoms with Crippen LogP contribution in [-0.4, -0.2) is 54.9 Å². The zero-order valence-electron chi connectivity index (χ0n) is 17.5. The third-order valence-corrected chi connectivity index (χ3v) is 4.89. The molecule has 1 heterocycles. The minimum atomic E-state index is -0.0425. The summed E-state index contributed by atoms with van der Waals surface area (Å²) in [5.41, 5.74) is 0.736. The summed E-state index contributed by atoms with van der Waals surface area (Å²) in [6.45, 7) is 8.65. The van der Waals surface area contributed by atoms with E-state index in [4.69, 9.17) is 11.6 Å². The number of benzene rings is 1. The second-order valence-electron chi connectivity index (χ2n) is 7.49. The van der Waals surface area contributed by atoms with Crippen LogP contribution in [0.5, 0.6) is 0 Å². The lowest BCUT2D eigenvalue weighted by atomic mass is 10.2. The van der Waals surface area contributed by atoms with Gasteiger partial charge in [0.25, 0.3) is 0 Å². The van der Waals surface area contributed by atoms with Crippen molar-refractivity contribution in [2.24, 2.45) is 10.9 Å². The van der Waals surface area contributed by atoms with Gasteiger partial charge in [0.05, 0.1) is 0 Å². The Kier molecular flexibility index (Phi) is 9.25. The van der Waals surface area contributed by atoms with E-state index in [9.17, 15) is 9.59 Å². The van der Waals surface area contributed by atoms with E-state index in [0.29, 0.717) is 31.0 Å². The Bertz CT molecular complexity index is 706. The van der Waals surface area contributed by atoms with Crippen LogP contribution in [0.1, 0.15) is 40.0 Å². The van der Waals surface area contributed by atoms with Crippen molar-refractivity contribution < 1.29 is 9.59 Å². The van der Waals surface area contributed by atoms with E-state index in [0.717, 1.165) is 31.2 Å². The van der Waals surface area contributed by atoms with Crippen LogP contribution in [0.3, 0.4) is 0 Å². The molecule has 1 unspecified atom stereocenters. The number of likely N-dealkylation sites (tertiary alicyclic amines) is 1. The highest BCUT2D eigenvalue weighted by molar-refractivity contribution is 6.30. The first kappa shape index (κ1) is 23.0. The average Bonchev–Trinajstić information content (AvgIpc) is 3.15. The molecular formula is C21H32ClN5O2. The number of halogens is 1. The Morgan fingerprint density at radius 2 is 2.00 bits per heavy atom. The molecule has 0 bridgehead atoms. The quantitative estimate of drug-likeness (QED) is 0.342. The molecule has 2 amide bonds. The van der Waals surface area contributed by atoms with Gasteiger partial charge in [0.1, 0.15) is 0 Å². The summed E-state index contributed by atoms with van der Waals surface area (Å²) in [5.74, 6) is 0.909. The molecule has 1 atom stereocenters. The Labute approximate surface area is 178 Å². The van der Waals surface area contributed by atoms with Crippen LogP contribution in [0.2, 0.25) is 5.02 Å². The van der Waals surface area contributed by atoms with Crippen LogP contribution in [0, 0.1) is 5.92 Å². The summed E-state index contributed by atoms with van der Waals surface area (Å²) in [7, 11) is 0. The van der Waals surface area contributed by atoms with Crippen LogP contribution in [0.25, 0.3) is 0 Å². The van der Waals surface area contributed by atoms with Crippen LogP contribution in [0.15, 0.2) is 29.3 Å². The lowest BCUT2D eigenvalue weighted by molar-refractivity contribution is -0.133. The predicted molar refractivity (Wildman–Crippen MR) is 118 cm³/mol. The topological polar surface area (TPSA) is 85.8 Å². The zero-order chi connectivity index (χ0) is 21.2. The van der Waals surface area contributed by atoms with Gasteiger partial charge in [-0.2, -0.15) is 0 Å². The third-order valence-electron chi connectivity index (χ3n) is 4.64. The van der Waals surface area contributed by atoms with Gasteiger partial charge in [-0.05, 0) is 44.0 Å². The number of carbonyl (C=O) groups excluding carboxylic acids is 2. The van der Waals surface area contributed by atoms with Gasteiger partial charge in [0.2, 0.25) is 11.8 Å². The normalized spacial score (nSPS) is 16.8. The van der Waals surface area contributed by atoms with E-state index >= 15 is 0 Å². The van der Waals surface area contributed by atoms with Gasteiger partial charge in [0.15, 0.2) is 5.96 Å². The number of nitrogens with zero attached hydrogens (tertiary/aromatic N) is 2. The summed E-state index contributed by atoms with van der Waals surface area (Å²) in [4.78, 5) is 30.6. The maximum absolute atomic E-state index is 12.1. The first-order valence-electron chi connectivity index (χ1n) is 10.3. The molecule has 1 aliphatic rings. The molecule has 0 aromatic heterocycles. The van der Waals surface area contributed by atoms with Gasteiger partial charge in [-0.15, -0.1) is 0 Å². The van der Waals surface area contributed by atoms with Crippen molar-refractivity contribution in [2.75, 3.05) is 31.5 Å². The van der Waals surface area contributed by atoms with Crippen molar-refractivity contribution in [3.63, 3.8) is 0 Å². The third kappa shape index (κ3) is 7.93. The van der Waals surface area contributed by atoms with Gasteiger partial charge < -0.3 is 20.9 Å². The van der Waals surface area contributed by atoms with E-state index in [-0.39, 0.29) is 23.8 Å². The molecule has 1 aromatic rings. The van der Waals surface area contributed by atoms with Gasteiger partial charge in [0, 0.05) is 55.3 Å². The Morgan fingerprint density at radius 3 is 2.66 bits per heavy atom. The highest BCUT2D eigenvalue weighted by Crippen LogP contribution is 2.14. The lowest BCUT2D eigenvalue weighted by Gasteiger charge is -2.20. The molecule has 1 aliphatic heterocycles. The number of hydrogen-bond donors (Lipinski definition) is 3. The van der Waals surface area contributed by atoms with Gasteiger partial charge in [-0.1, -0.05) is 25.4 Å². The van der Waals surface area contributed by atoms with Crippen LogP contribution >= 0.6 is 11.6 Å². The van der Waals surface area contributed by atoms with Crippen molar-refractivity contribution in [1.82, 2.24) is 15.5 Å². The number of nitrogens with one attached hydrogen (secondary N) is 3. The fraction of sp³-hybridized carbons (Fsp3) is 0.571. The highest BCUT2D eigenvalue weighted by Gasteiger charge is 2.27. The first-order chi connectivity index (χ1) is 13.9. The predicted octanol–water partition coefficient (Wildman–Crippen LogP) is 2.87. The number of carbonyl (C=O) groups is 2. The van der Waals surface area contributed by atoms with E-state index in [2.05, 4.69) is 20.9 Å². The van der Waals surface area contributed by atoms with Crippen molar-refractivity contribution in [3.8, 4) is 0 Å². The molecule has 0 aliphatic carbocycles. The number of aliphatic imine (C=N–C) groups is 1. The molecule has 3 N–H and O–H groups in total. The standard InChI is InChI=1S/C21H32ClN5O2/c1-4-23-21(26-18-11-13-27(14-18)20(29)15(2)3)24-12-5-6-19(28)25-17-9-7-16(22)8-10-17/h7-10,15,18H,4-6,11-14H2,1-3H3,(H,25,28)(H2,23,24,26). The van der Waals surface area contributed by atoms with Crippen molar-refractivity contribution in [2.45, 2.75) is 46.1 Å². The van der Waals surface area contributed by atoms with Crippen LogP contribution < -0.4 is 16.0 Å². The van der Waals surface area contributed by atoms with Gasteiger partial charge in [-0.3, -0.25) is 14.6 Å². The largest absolute Gasteiger partial charge is 0.357 e. The molecule has 0 saturated carbocycles. The highest BCUT2D eigenvalue weighted by atomic mass is 35.5. The number of anilines is 1. The second-order valence-corrected chi connectivity index (χ2v) is 7.92. The Balaban J connectivity index is 1.75. The summed E-state index contributed by atoms with van der Waals surface area (Å²) in [6.07, 6.45) is 1.95. The maximum Gasteiger partial charge on any atom is 0.225 e. The second kappa shape index (κ2) is 11.7. The van der Waals surface area contributed by atoms with E-state index in [1.165, 1.54) is 0 Å². The molecule has 0 spiro atoms. The van der Waals surface area contributed by atoms with E-state index < -0.39 is 0 Å². The molecule has 8 heteroatoms. The van der Waals surface area contributed by atoms with Crippen molar-refractivity contribution in [1.29, 1.82) is 0 Å². The van der Waals surface area contributed by atoms with E-state index in [1.54, 1.807) is 24.3 Å². The summed E-state index contributed by atoms with van der Waals surface area (Å²) in [6, 6.07) is 7.24. The fourth-order valence-electron chi connectivity index (χ4n) is 3.14. The Morgan fingerprint density at radius 1 is 1.28 bits per heavy atom. The smallest absolute Gasteiger partial charge is 0.225 e. The minimum absolute atomic E-state index is 0.0228. The maximum atomic E-state index is 12.1. The van der Waals surface area contributed by atoms with E-state index in [1.807, 2.05) is 25.7 Å². The zero-order valence-corrected chi connectivity index (χ0v) is 18.3. The molecular weight excluding hydrogens is 390 g/mol. The monoisotopic (exact) mass is 421 g/mol.